The quantitative estimate of drug-likeness (QED) is 0.890. The van der Waals surface area contributed by atoms with Gasteiger partial charge in [0.05, 0.1) is 9.83 Å². The number of nitrogens with one attached hydrogen (secondary N) is 1. The first-order valence-electron chi connectivity index (χ1n) is 6.13. The molecule has 6 nitrogen and oxygen atoms in total. The maximum Gasteiger partial charge on any atom is 0.250 e. The molecule has 2 aromatic rings. The summed E-state index contributed by atoms with van der Waals surface area (Å²) in [6, 6.07) is 1.36. The number of nitrogens with zero attached hydrogens (tertiary/aromatic N) is 3. The van der Waals surface area contributed by atoms with Crippen LogP contribution in [0.4, 0.5) is 0 Å². The van der Waals surface area contributed by atoms with E-state index in [0.29, 0.717) is 10.0 Å². The molecular formula is C11H13BrN4O2S2. The zero-order chi connectivity index (χ0) is 14.3. The Kier molecular flexibility index (Phi) is 3.69. The van der Waals surface area contributed by atoms with Crippen molar-refractivity contribution in [2.75, 3.05) is 0 Å². The van der Waals surface area contributed by atoms with Crippen LogP contribution in [-0.4, -0.2) is 23.2 Å². The number of aromatic nitrogens is 3. The third-order valence-electron chi connectivity index (χ3n) is 3.22. The minimum atomic E-state index is -3.52. The molecule has 0 aromatic carbocycles. The molecule has 3 heterocycles. The highest BCUT2D eigenvalue weighted by molar-refractivity contribution is 9.11. The molecule has 1 N–H and O–H groups in total. The molecule has 1 aliphatic heterocycles. The summed E-state index contributed by atoms with van der Waals surface area (Å²) in [5.74, 6) is 0.687. The molecule has 0 radical (unpaired) electrons. The van der Waals surface area contributed by atoms with Crippen LogP contribution in [0.25, 0.3) is 0 Å². The molecule has 2 aromatic heterocycles. The van der Waals surface area contributed by atoms with E-state index < -0.39 is 10.0 Å². The monoisotopic (exact) mass is 376 g/mol. The van der Waals surface area contributed by atoms with Gasteiger partial charge >= 0.3 is 0 Å². The van der Waals surface area contributed by atoms with Gasteiger partial charge in [-0.25, -0.2) is 18.1 Å². The molecule has 20 heavy (non-hydrogen) atoms. The van der Waals surface area contributed by atoms with E-state index in [1.807, 2.05) is 6.92 Å². The van der Waals surface area contributed by atoms with Crippen molar-refractivity contribution in [3.05, 3.63) is 27.6 Å². The Morgan fingerprint density at radius 2 is 2.35 bits per heavy atom. The fourth-order valence-corrected chi connectivity index (χ4v) is 5.68. The average molecular weight is 377 g/mol. The van der Waals surface area contributed by atoms with Crippen LogP contribution in [0.15, 0.2) is 20.4 Å². The number of halogens is 1. The number of fused-ring (bicyclic) bond motifs is 1. The van der Waals surface area contributed by atoms with Crippen LogP contribution >= 0.6 is 27.3 Å². The van der Waals surface area contributed by atoms with Crippen LogP contribution in [0.2, 0.25) is 0 Å². The Hall–Kier alpha value is -0.770. The lowest BCUT2D eigenvalue weighted by molar-refractivity contribution is 0.400. The Labute approximate surface area is 129 Å². The summed E-state index contributed by atoms with van der Waals surface area (Å²) >= 11 is 4.57. The van der Waals surface area contributed by atoms with Crippen molar-refractivity contribution in [3.8, 4) is 0 Å². The molecule has 0 bridgehead atoms. The van der Waals surface area contributed by atoms with Crippen molar-refractivity contribution in [2.45, 2.75) is 36.6 Å². The summed E-state index contributed by atoms with van der Waals surface area (Å²) < 4.78 is 30.5. The van der Waals surface area contributed by atoms with E-state index >= 15 is 0 Å². The van der Waals surface area contributed by atoms with E-state index in [1.54, 1.807) is 10.7 Å². The van der Waals surface area contributed by atoms with Gasteiger partial charge < -0.3 is 0 Å². The van der Waals surface area contributed by atoms with Crippen molar-refractivity contribution in [1.82, 2.24) is 19.5 Å². The normalized spacial score (nSPS) is 19.0. The van der Waals surface area contributed by atoms with Crippen molar-refractivity contribution in [3.63, 3.8) is 0 Å². The van der Waals surface area contributed by atoms with Gasteiger partial charge in [0, 0.05) is 6.54 Å². The minimum Gasteiger partial charge on any atom is -0.248 e. The fraction of sp³-hybridized carbons (Fsp3) is 0.455. The van der Waals surface area contributed by atoms with Gasteiger partial charge in [-0.3, -0.25) is 0 Å². The zero-order valence-corrected chi connectivity index (χ0v) is 13.9. The summed E-state index contributed by atoms with van der Waals surface area (Å²) in [5.41, 5.74) is 0.919. The Morgan fingerprint density at radius 3 is 3.05 bits per heavy atom. The fourth-order valence-electron chi connectivity index (χ4n) is 2.21. The predicted molar refractivity (Wildman–Crippen MR) is 79.1 cm³/mol. The van der Waals surface area contributed by atoms with Crippen LogP contribution < -0.4 is 4.72 Å². The maximum absolute atomic E-state index is 12.4. The molecule has 0 saturated heterocycles. The summed E-state index contributed by atoms with van der Waals surface area (Å²) in [4.78, 5) is 4.16. The van der Waals surface area contributed by atoms with Gasteiger partial charge in [-0.1, -0.05) is 0 Å². The van der Waals surface area contributed by atoms with Crippen LogP contribution in [0, 0.1) is 6.92 Å². The highest BCUT2D eigenvalue weighted by atomic mass is 79.9. The number of rotatable bonds is 3. The number of hydrogen-bond acceptors (Lipinski definition) is 5. The van der Waals surface area contributed by atoms with Gasteiger partial charge in [0.2, 0.25) is 0 Å². The first kappa shape index (κ1) is 14.2. The van der Waals surface area contributed by atoms with E-state index in [0.717, 1.165) is 28.7 Å². The highest BCUT2D eigenvalue weighted by Gasteiger charge is 2.28. The largest absolute Gasteiger partial charge is 0.250 e. The van der Waals surface area contributed by atoms with E-state index in [-0.39, 0.29) is 6.04 Å². The van der Waals surface area contributed by atoms with Crippen molar-refractivity contribution < 1.29 is 8.42 Å². The molecular weight excluding hydrogens is 364 g/mol. The molecule has 9 heteroatoms. The lowest BCUT2D eigenvalue weighted by atomic mass is 10.1. The first-order valence-corrected chi connectivity index (χ1v) is 9.22. The van der Waals surface area contributed by atoms with Gasteiger partial charge in [0.15, 0.2) is 0 Å². The number of aryl methyl sites for hydroxylation is 2. The summed E-state index contributed by atoms with van der Waals surface area (Å²) in [6.45, 7) is 2.66. The number of sulfonamides is 1. The molecule has 1 aliphatic rings. The van der Waals surface area contributed by atoms with Gasteiger partial charge in [0.1, 0.15) is 16.4 Å². The van der Waals surface area contributed by atoms with E-state index in [2.05, 4.69) is 30.7 Å². The highest BCUT2D eigenvalue weighted by Crippen LogP contribution is 2.32. The van der Waals surface area contributed by atoms with E-state index in [1.165, 1.54) is 17.7 Å². The molecule has 0 saturated carbocycles. The van der Waals surface area contributed by atoms with Gasteiger partial charge in [-0.15, -0.1) is 11.3 Å². The smallest absolute Gasteiger partial charge is 0.248 e. The molecule has 3 rings (SSSR count). The molecule has 0 amide bonds. The lowest BCUT2D eigenvalue weighted by Crippen LogP contribution is -2.33. The predicted octanol–water partition coefficient (Wildman–Crippen LogP) is 2.22. The van der Waals surface area contributed by atoms with Crippen molar-refractivity contribution in [2.24, 2.45) is 0 Å². The first-order chi connectivity index (χ1) is 9.47. The summed E-state index contributed by atoms with van der Waals surface area (Å²) in [5, 5.41) is 4.09. The van der Waals surface area contributed by atoms with E-state index in [4.69, 9.17) is 0 Å². The second-order valence-corrected chi connectivity index (χ2v) is 8.99. The third-order valence-corrected chi connectivity index (χ3v) is 7.30. The summed E-state index contributed by atoms with van der Waals surface area (Å²) in [7, 11) is -3.52. The minimum absolute atomic E-state index is 0.308. The molecule has 0 aliphatic carbocycles. The average Bonchev–Trinajstić information content (AvgIpc) is 2.98. The van der Waals surface area contributed by atoms with Crippen LogP contribution in [-0.2, 0) is 16.6 Å². The number of thiophene rings is 1. The van der Waals surface area contributed by atoms with Gasteiger partial charge in [-0.2, -0.15) is 9.82 Å². The van der Waals surface area contributed by atoms with Crippen molar-refractivity contribution >= 4 is 37.3 Å². The van der Waals surface area contributed by atoms with Crippen LogP contribution in [0.1, 0.15) is 30.3 Å². The SMILES string of the molecule is Cc1cc(S(=O)(=O)N[C@@H]2CCCn3ncnc32)sc1Br. The zero-order valence-electron chi connectivity index (χ0n) is 10.7. The van der Waals surface area contributed by atoms with Gasteiger partial charge in [-0.05, 0) is 47.3 Å². The lowest BCUT2D eigenvalue weighted by Gasteiger charge is -2.22. The molecule has 1 atom stereocenters. The molecule has 108 valence electrons. The second-order valence-electron chi connectivity index (χ2n) is 4.68. The maximum atomic E-state index is 12.4. The number of hydrogen-bond donors (Lipinski definition) is 1. The van der Waals surface area contributed by atoms with Crippen molar-refractivity contribution in [1.29, 1.82) is 0 Å². The van der Waals surface area contributed by atoms with Gasteiger partial charge in [0.25, 0.3) is 10.0 Å². The molecule has 0 unspecified atom stereocenters. The molecule has 0 spiro atoms. The Morgan fingerprint density at radius 1 is 1.55 bits per heavy atom. The van der Waals surface area contributed by atoms with E-state index in [9.17, 15) is 8.42 Å². The van der Waals surface area contributed by atoms with Crippen LogP contribution in [0.3, 0.4) is 0 Å². The Bertz CT molecular complexity index is 718. The second kappa shape index (κ2) is 5.21. The van der Waals surface area contributed by atoms with Crippen LogP contribution in [0.5, 0.6) is 0 Å². The Balaban J connectivity index is 1.88. The third kappa shape index (κ3) is 2.54. The standard InChI is InChI=1S/C11H13BrN4O2S2/c1-7-5-9(19-10(7)12)20(17,18)15-8-3-2-4-16-11(8)13-6-14-16/h5-6,8,15H,2-4H2,1H3/t8-/m1/s1. The molecule has 0 fully saturated rings. The summed E-state index contributed by atoms with van der Waals surface area (Å²) in [6.07, 6.45) is 3.09. The topological polar surface area (TPSA) is 76.9 Å².